The summed E-state index contributed by atoms with van der Waals surface area (Å²) in [6, 6.07) is 5.53. The Balaban J connectivity index is 2.28. The third-order valence-electron chi connectivity index (χ3n) is 3.26. The van der Waals surface area contributed by atoms with Crippen molar-refractivity contribution >= 4 is 21.6 Å². The molecule has 0 spiro atoms. The number of nitro benzene ring substituents is 1. The average Bonchev–Trinajstić information content (AvgIpc) is 2.39. The van der Waals surface area contributed by atoms with Crippen molar-refractivity contribution in [3.8, 4) is 0 Å². The van der Waals surface area contributed by atoms with Crippen LogP contribution in [-0.2, 0) is 11.3 Å². The highest BCUT2D eigenvalue weighted by Crippen LogP contribution is 2.33. The van der Waals surface area contributed by atoms with Crippen LogP contribution in [0.15, 0.2) is 18.2 Å². The van der Waals surface area contributed by atoms with Gasteiger partial charge in [0, 0.05) is 35.6 Å². The topological polar surface area (TPSA) is 55.6 Å². The molecule has 1 aromatic carbocycles. The molecule has 1 aliphatic heterocycles. The molecule has 0 N–H and O–H groups in total. The normalized spacial score (nSPS) is 18.2. The maximum atomic E-state index is 11.3. The summed E-state index contributed by atoms with van der Waals surface area (Å²) in [6.45, 7) is 5.55. The third-order valence-corrected chi connectivity index (χ3v) is 3.75. The van der Waals surface area contributed by atoms with E-state index >= 15 is 0 Å². The molecule has 6 heteroatoms. The highest BCUT2D eigenvalue weighted by Gasteiger charge is 2.23. The highest BCUT2D eigenvalue weighted by molar-refractivity contribution is 9.09. The fourth-order valence-corrected chi connectivity index (χ4v) is 2.65. The van der Waals surface area contributed by atoms with Crippen LogP contribution in [0.1, 0.15) is 22.9 Å². The Morgan fingerprint density at radius 2 is 2.16 bits per heavy atom. The van der Waals surface area contributed by atoms with Crippen LogP contribution in [0.4, 0.5) is 5.69 Å². The number of alkyl halides is 1. The van der Waals surface area contributed by atoms with Crippen LogP contribution in [0.2, 0.25) is 0 Å². The molecule has 2 rings (SSSR count). The molecule has 0 bridgehead atoms. The fraction of sp³-hybridized carbons (Fsp3) is 0.538. The van der Waals surface area contributed by atoms with Crippen molar-refractivity contribution in [2.75, 3.05) is 26.3 Å². The summed E-state index contributed by atoms with van der Waals surface area (Å²) >= 11 is 3.42. The van der Waals surface area contributed by atoms with Crippen molar-refractivity contribution in [2.45, 2.75) is 18.3 Å². The summed E-state index contributed by atoms with van der Waals surface area (Å²) < 4.78 is 5.29. The lowest BCUT2D eigenvalue weighted by atomic mass is 10.0. The van der Waals surface area contributed by atoms with Gasteiger partial charge in [-0.15, -0.1) is 0 Å². The molecule has 0 aliphatic carbocycles. The van der Waals surface area contributed by atoms with E-state index in [1.165, 1.54) is 0 Å². The zero-order chi connectivity index (χ0) is 13.8. The van der Waals surface area contributed by atoms with E-state index in [1.807, 2.05) is 19.1 Å². The number of benzene rings is 1. The first-order valence-corrected chi connectivity index (χ1v) is 7.21. The van der Waals surface area contributed by atoms with Gasteiger partial charge in [0.1, 0.15) is 0 Å². The molecule has 19 heavy (non-hydrogen) atoms. The van der Waals surface area contributed by atoms with E-state index in [1.54, 1.807) is 6.07 Å². The van der Waals surface area contributed by atoms with Gasteiger partial charge in [-0.05, 0) is 6.92 Å². The first-order chi connectivity index (χ1) is 9.09. The predicted molar refractivity (Wildman–Crippen MR) is 76.5 cm³/mol. The largest absolute Gasteiger partial charge is 0.379 e. The lowest BCUT2D eigenvalue weighted by Gasteiger charge is -2.26. The Morgan fingerprint density at radius 1 is 1.47 bits per heavy atom. The number of hydrogen-bond acceptors (Lipinski definition) is 4. The Labute approximate surface area is 120 Å². The molecular formula is C13H17BrN2O3. The molecule has 0 amide bonds. The number of hydrogen-bond donors (Lipinski definition) is 0. The number of nitro groups is 1. The van der Waals surface area contributed by atoms with Crippen molar-refractivity contribution in [3.05, 3.63) is 39.4 Å². The summed E-state index contributed by atoms with van der Waals surface area (Å²) in [6.07, 6.45) is 0. The van der Waals surface area contributed by atoms with Crippen molar-refractivity contribution in [1.29, 1.82) is 0 Å². The minimum absolute atomic E-state index is 0.0301. The first-order valence-electron chi connectivity index (χ1n) is 6.30. The van der Waals surface area contributed by atoms with Crippen molar-refractivity contribution in [1.82, 2.24) is 4.90 Å². The minimum Gasteiger partial charge on any atom is -0.379 e. The molecule has 0 radical (unpaired) electrons. The molecule has 1 heterocycles. The Morgan fingerprint density at radius 3 is 2.74 bits per heavy atom. The molecule has 104 valence electrons. The lowest BCUT2D eigenvalue weighted by molar-refractivity contribution is -0.386. The van der Waals surface area contributed by atoms with Gasteiger partial charge in [-0.1, -0.05) is 34.1 Å². The second-order valence-corrected chi connectivity index (χ2v) is 5.99. The zero-order valence-electron chi connectivity index (χ0n) is 10.8. The van der Waals surface area contributed by atoms with Crippen LogP contribution in [0, 0.1) is 10.1 Å². The summed E-state index contributed by atoms with van der Waals surface area (Å²) in [7, 11) is 0. The van der Waals surface area contributed by atoms with E-state index in [0.29, 0.717) is 19.8 Å². The van der Waals surface area contributed by atoms with Gasteiger partial charge in [-0.25, -0.2) is 0 Å². The van der Waals surface area contributed by atoms with Gasteiger partial charge in [0.25, 0.3) is 5.69 Å². The van der Waals surface area contributed by atoms with Gasteiger partial charge >= 0.3 is 0 Å². The van der Waals surface area contributed by atoms with E-state index in [0.717, 1.165) is 24.2 Å². The van der Waals surface area contributed by atoms with Gasteiger partial charge in [-0.2, -0.15) is 0 Å². The molecule has 0 aromatic heterocycles. The average molecular weight is 329 g/mol. The number of nitrogens with zero attached hydrogens (tertiary/aromatic N) is 2. The van der Waals surface area contributed by atoms with Gasteiger partial charge in [0.15, 0.2) is 0 Å². The SMILES string of the molecule is CC(Br)c1cccc(CN2CCOCC2)c1[N+](=O)[O-]. The number of morpholine rings is 1. The van der Waals surface area contributed by atoms with Gasteiger partial charge < -0.3 is 4.74 Å². The summed E-state index contributed by atoms with van der Waals surface area (Å²) in [5.74, 6) is 0. The van der Waals surface area contributed by atoms with Gasteiger partial charge in [0.05, 0.1) is 18.1 Å². The Bertz CT molecular complexity index is 459. The monoisotopic (exact) mass is 328 g/mol. The first kappa shape index (κ1) is 14.4. The van der Waals surface area contributed by atoms with Crippen LogP contribution in [0.25, 0.3) is 0 Å². The number of halogens is 1. The van der Waals surface area contributed by atoms with E-state index < -0.39 is 0 Å². The zero-order valence-corrected chi connectivity index (χ0v) is 12.4. The Hall–Kier alpha value is -0.980. The fourth-order valence-electron chi connectivity index (χ4n) is 2.28. The summed E-state index contributed by atoms with van der Waals surface area (Å²) in [5.41, 5.74) is 1.74. The summed E-state index contributed by atoms with van der Waals surface area (Å²) in [4.78, 5) is 13.2. The van der Waals surface area contributed by atoms with Crippen molar-refractivity contribution in [2.24, 2.45) is 0 Å². The van der Waals surface area contributed by atoms with E-state index in [9.17, 15) is 10.1 Å². The Kier molecular flexibility index (Phi) is 4.90. The highest BCUT2D eigenvalue weighted by atomic mass is 79.9. The predicted octanol–water partition coefficient (Wildman–Crippen LogP) is 2.88. The molecular weight excluding hydrogens is 312 g/mol. The van der Waals surface area contributed by atoms with Crippen molar-refractivity contribution in [3.63, 3.8) is 0 Å². The maximum Gasteiger partial charge on any atom is 0.278 e. The van der Waals surface area contributed by atoms with Crippen LogP contribution >= 0.6 is 15.9 Å². The van der Waals surface area contributed by atoms with E-state index in [4.69, 9.17) is 4.74 Å². The molecule has 1 saturated heterocycles. The van der Waals surface area contributed by atoms with Gasteiger partial charge in [-0.3, -0.25) is 15.0 Å². The third kappa shape index (κ3) is 3.52. The standard InChI is InChI=1S/C13H17BrN2O3/c1-10(14)12-4-2-3-11(13(12)16(17)18)9-15-5-7-19-8-6-15/h2-4,10H,5-9H2,1H3. The number of ether oxygens (including phenoxy) is 1. The second-order valence-electron chi connectivity index (χ2n) is 4.62. The molecule has 1 aliphatic rings. The van der Waals surface area contributed by atoms with E-state index in [-0.39, 0.29) is 15.4 Å². The second kappa shape index (κ2) is 6.45. The number of para-hydroxylation sites is 1. The maximum absolute atomic E-state index is 11.3. The van der Waals surface area contributed by atoms with Gasteiger partial charge in [0.2, 0.25) is 0 Å². The summed E-state index contributed by atoms with van der Waals surface area (Å²) in [5, 5.41) is 11.3. The molecule has 1 fully saturated rings. The van der Waals surface area contributed by atoms with Crippen LogP contribution in [0.5, 0.6) is 0 Å². The lowest BCUT2D eigenvalue weighted by Crippen LogP contribution is -2.35. The van der Waals surface area contributed by atoms with Crippen LogP contribution < -0.4 is 0 Å². The molecule has 0 saturated carbocycles. The molecule has 1 aromatic rings. The molecule has 5 nitrogen and oxygen atoms in total. The molecule has 1 unspecified atom stereocenters. The number of rotatable bonds is 4. The van der Waals surface area contributed by atoms with Crippen LogP contribution in [-0.4, -0.2) is 36.1 Å². The smallest absolute Gasteiger partial charge is 0.278 e. The quantitative estimate of drug-likeness (QED) is 0.484. The minimum atomic E-state index is -0.275. The van der Waals surface area contributed by atoms with Crippen LogP contribution in [0.3, 0.4) is 0 Å². The van der Waals surface area contributed by atoms with E-state index in [2.05, 4.69) is 20.8 Å². The molecule has 1 atom stereocenters. The van der Waals surface area contributed by atoms with Crippen molar-refractivity contribution < 1.29 is 9.66 Å².